The summed E-state index contributed by atoms with van der Waals surface area (Å²) in [5, 5.41) is 4.88. The number of fused-ring (bicyclic) bond motifs is 12. The Morgan fingerprint density at radius 1 is 0.519 bits per heavy atom. The molecular weight excluding hydrogens is 651 g/mol. The Balaban J connectivity index is 1.14. The van der Waals surface area contributed by atoms with E-state index < -0.39 is 0 Å². The van der Waals surface area contributed by atoms with Gasteiger partial charge in [0.2, 0.25) is 0 Å². The minimum Gasteiger partial charge on any atom is -0.309 e. The predicted octanol–water partition coefficient (Wildman–Crippen LogP) is 12.8. The number of thiophene rings is 1. The van der Waals surface area contributed by atoms with Crippen molar-refractivity contribution < 1.29 is 6.85 Å². The van der Waals surface area contributed by atoms with E-state index in [0.717, 1.165) is 49.2 Å². The molecule has 0 spiro atoms. The van der Waals surface area contributed by atoms with Gasteiger partial charge in [-0.25, -0.2) is 4.98 Å². The maximum absolute atomic E-state index is 9.93. The van der Waals surface area contributed by atoms with E-state index >= 15 is 0 Å². The molecule has 0 fully saturated rings. The molecule has 12 rings (SSSR count). The average Bonchev–Trinajstić information content (AvgIpc) is 3.99. The van der Waals surface area contributed by atoms with Gasteiger partial charge in [0.15, 0.2) is 5.82 Å². The molecular formula is C48H29N3S. The van der Waals surface area contributed by atoms with E-state index in [2.05, 4.69) is 84.9 Å². The van der Waals surface area contributed by atoms with E-state index in [1.807, 2.05) is 63.7 Å². The van der Waals surface area contributed by atoms with Gasteiger partial charge in [-0.05, 0) is 82.3 Å². The molecule has 3 nitrogen and oxygen atoms in total. The Kier molecular flexibility index (Phi) is 4.82. The van der Waals surface area contributed by atoms with Crippen molar-refractivity contribution in [3.8, 4) is 22.6 Å². The van der Waals surface area contributed by atoms with Crippen LogP contribution in [0.2, 0.25) is 0 Å². The molecule has 4 aromatic heterocycles. The number of benzene rings is 7. The summed E-state index contributed by atoms with van der Waals surface area (Å²) in [6, 6.07) is 47.8. The zero-order valence-corrected chi connectivity index (χ0v) is 28.4. The first-order chi connectivity index (χ1) is 27.9. The van der Waals surface area contributed by atoms with E-state index in [1.165, 1.54) is 33.6 Å². The predicted molar refractivity (Wildman–Crippen MR) is 219 cm³/mol. The number of pyridine rings is 1. The highest BCUT2D eigenvalue weighted by Crippen LogP contribution is 2.49. The Morgan fingerprint density at radius 2 is 1.10 bits per heavy atom. The normalized spacial score (nSPS) is 14.3. The molecule has 0 saturated carbocycles. The van der Waals surface area contributed by atoms with Crippen molar-refractivity contribution in [2.24, 2.45) is 0 Å². The number of hydrogen-bond acceptors (Lipinski definition) is 2. The quantitative estimate of drug-likeness (QED) is 0.182. The summed E-state index contributed by atoms with van der Waals surface area (Å²) in [5.41, 5.74) is 9.97. The van der Waals surface area contributed by atoms with Gasteiger partial charge in [-0.15, -0.1) is 11.3 Å². The zero-order chi connectivity index (χ0) is 38.3. The number of para-hydroxylation sites is 3. The van der Waals surface area contributed by atoms with Crippen LogP contribution in [0.15, 0.2) is 170 Å². The Hall–Kier alpha value is -6.49. The van der Waals surface area contributed by atoms with E-state index in [1.54, 1.807) is 0 Å². The summed E-state index contributed by atoms with van der Waals surface area (Å²) < 4.78 is 52.2. The molecule has 4 heteroatoms. The summed E-state index contributed by atoms with van der Waals surface area (Å²) in [6.45, 7) is 0. The molecule has 1 aliphatic rings. The molecule has 0 radical (unpaired) electrons. The summed E-state index contributed by atoms with van der Waals surface area (Å²) in [5.74, 6) is 0.540. The van der Waals surface area contributed by atoms with Gasteiger partial charge in [-0.2, -0.15) is 0 Å². The van der Waals surface area contributed by atoms with Crippen molar-refractivity contribution >= 4 is 75.1 Å². The van der Waals surface area contributed by atoms with Crippen LogP contribution in [0.4, 0.5) is 0 Å². The Bertz CT molecular complexity index is 3460. The smallest absolute Gasteiger partial charge is 0.155 e. The fourth-order valence-corrected chi connectivity index (χ4v) is 9.75. The van der Waals surface area contributed by atoms with Gasteiger partial charge in [0.05, 0.1) is 33.6 Å². The fourth-order valence-electron chi connectivity index (χ4n) is 8.71. The third kappa shape index (κ3) is 3.77. The minimum atomic E-state index is -0.207. The van der Waals surface area contributed by atoms with Crippen molar-refractivity contribution in [3.05, 3.63) is 187 Å². The lowest BCUT2D eigenvalue weighted by atomic mass is 9.88. The minimum absolute atomic E-state index is 0.0157. The third-order valence-electron chi connectivity index (χ3n) is 10.9. The molecule has 4 heterocycles. The van der Waals surface area contributed by atoms with Crippen molar-refractivity contribution in [1.29, 1.82) is 0 Å². The first-order valence-corrected chi connectivity index (χ1v) is 18.3. The molecule has 0 amide bonds. The monoisotopic (exact) mass is 684 g/mol. The SMILES string of the molecule is [2H]c1nc(-n2c3ccccc3c3ccccc32)c2sc3c([2H])c([2H])c(-n4c5ccccc5c5cc(C6c7ccccc7-c7ccccc76)ccc54)c([2H])c3c2c1[2H]. The van der Waals surface area contributed by atoms with Gasteiger partial charge in [0.25, 0.3) is 0 Å². The van der Waals surface area contributed by atoms with Gasteiger partial charge in [-0.3, -0.25) is 4.57 Å². The number of hydrogen-bond donors (Lipinski definition) is 0. The summed E-state index contributed by atoms with van der Waals surface area (Å²) in [6.07, 6.45) is -0.207. The van der Waals surface area contributed by atoms with E-state index in [4.69, 9.17) is 6.35 Å². The summed E-state index contributed by atoms with van der Waals surface area (Å²) in [7, 11) is 0. The highest BCUT2D eigenvalue weighted by atomic mass is 32.1. The first kappa shape index (κ1) is 23.8. The number of nitrogens with zero attached hydrogens (tertiary/aromatic N) is 3. The topological polar surface area (TPSA) is 22.8 Å². The molecule has 0 aliphatic heterocycles. The highest BCUT2D eigenvalue weighted by Gasteiger charge is 2.30. The van der Waals surface area contributed by atoms with Gasteiger partial charge in [0, 0.05) is 54.8 Å². The van der Waals surface area contributed by atoms with Crippen LogP contribution in [-0.4, -0.2) is 14.1 Å². The van der Waals surface area contributed by atoms with Crippen LogP contribution in [0.25, 0.3) is 86.4 Å². The lowest BCUT2D eigenvalue weighted by molar-refractivity contribution is 1.02. The largest absolute Gasteiger partial charge is 0.309 e. The second-order valence-electron chi connectivity index (χ2n) is 13.5. The van der Waals surface area contributed by atoms with Crippen molar-refractivity contribution in [2.45, 2.75) is 5.92 Å². The third-order valence-corrected chi connectivity index (χ3v) is 12.0. The van der Waals surface area contributed by atoms with E-state index in [0.29, 0.717) is 26.0 Å². The lowest BCUT2D eigenvalue weighted by Crippen LogP contribution is -1.99. The van der Waals surface area contributed by atoms with Gasteiger partial charge in [0.1, 0.15) is 0 Å². The van der Waals surface area contributed by atoms with E-state index in [-0.39, 0.29) is 41.9 Å². The molecule has 0 bridgehead atoms. The van der Waals surface area contributed by atoms with Crippen molar-refractivity contribution in [3.63, 3.8) is 0 Å². The van der Waals surface area contributed by atoms with E-state index in [9.17, 15) is 5.48 Å². The number of rotatable bonds is 3. The molecule has 1 aliphatic carbocycles. The molecule has 0 N–H and O–H groups in total. The van der Waals surface area contributed by atoms with Crippen molar-refractivity contribution in [1.82, 2.24) is 14.1 Å². The van der Waals surface area contributed by atoms with Crippen LogP contribution < -0.4 is 0 Å². The second kappa shape index (κ2) is 10.5. The maximum atomic E-state index is 9.93. The lowest BCUT2D eigenvalue weighted by Gasteiger charge is -2.15. The molecule has 11 aromatic rings. The highest BCUT2D eigenvalue weighted by molar-refractivity contribution is 7.26. The Labute approximate surface area is 310 Å². The van der Waals surface area contributed by atoms with Gasteiger partial charge in [-0.1, -0.05) is 109 Å². The molecule has 242 valence electrons. The van der Waals surface area contributed by atoms with Crippen LogP contribution in [0, 0.1) is 0 Å². The van der Waals surface area contributed by atoms with Crippen LogP contribution in [0.5, 0.6) is 0 Å². The van der Waals surface area contributed by atoms with Gasteiger partial charge < -0.3 is 4.57 Å². The Morgan fingerprint density at radius 3 is 1.79 bits per heavy atom. The van der Waals surface area contributed by atoms with Crippen LogP contribution in [-0.2, 0) is 0 Å². The number of aromatic nitrogens is 3. The molecule has 0 saturated heterocycles. The molecule has 0 unspecified atom stereocenters. The van der Waals surface area contributed by atoms with Crippen molar-refractivity contribution in [2.75, 3.05) is 0 Å². The van der Waals surface area contributed by atoms with Crippen LogP contribution in [0.3, 0.4) is 0 Å². The second-order valence-corrected chi connectivity index (χ2v) is 14.5. The zero-order valence-electron chi connectivity index (χ0n) is 32.6. The summed E-state index contributed by atoms with van der Waals surface area (Å²) >= 11 is 1.28. The molecule has 52 heavy (non-hydrogen) atoms. The van der Waals surface area contributed by atoms with Crippen LogP contribution >= 0.6 is 11.3 Å². The first-order valence-electron chi connectivity index (χ1n) is 19.9. The average molecular weight is 685 g/mol. The van der Waals surface area contributed by atoms with Gasteiger partial charge >= 0.3 is 0 Å². The molecule has 0 atom stereocenters. The fraction of sp³-hybridized carbons (Fsp3) is 0.0208. The standard InChI is InChI=1S/C48H29N3S/c1-3-16-36-31(11-1)32-12-2-4-17-37(32)46(36)29-21-23-44-39(27-29)35-15-7-8-18-41(35)50(44)30-22-24-45-40(28-30)38-25-26-49-48(47(38)52-45)51-42-19-9-5-13-33(42)34-14-6-10-20-43(34)51/h1-28,46H/i22D,24D,25D,26D,28D. The van der Waals surface area contributed by atoms with Crippen LogP contribution in [0.1, 0.15) is 29.5 Å². The summed E-state index contributed by atoms with van der Waals surface area (Å²) in [4.78, 5) is 4.72. The molecule has 7 aromatic carbocycles. The maximum Gasteiger partial charge on any atom is 0.155 e.